The number of benzene rings is 1. The van der Waals surface area contributed by atoms with E-state index in [4.69, 9.17) is 0 Å². The summed E-state index contributed by atoms with van der Waals surface area (Å²) >= 11 is 0. The molecule has 0 aliphatic rings. The van der Waals surface area contributed by atoms with E-state index in [-0.39, 0.29) is 28.4 Å². The Labute approximate surface area is 164 Å². The summed E-state index contributed by atoms with van der Waals surface area (Å²) in [6.45, 7) is 2.16. The molecule has 0 saturated heterocycles. The molecule has 0 fully saturated rings. The molecule has 2 rings (SSSR count). The average Bonchev–Trinajstić information content (AvgIpc) is 2.96. The largest absolute Gasteiger partial charge is 0.493 e. The van der Waals surface area contributed by atoms with Gasteiger partial charge in [-0.15, -0.1) is 5.11 Å². The zero-order valence-corrected chi connectivity index (χ0v) is 16.7. The number of aromatic hydroxyl groups is 1. The summed E-state index contributed by atoms with van der Waals surface area (Å²) in [5, 5.41) is 24.7. The van der Waals surface area contributed by atoms with Crippen LogP contribution >= 0.6 is 0 Å². The zero-order valence-electron chi connectivity index (χ0n) is 15.9. The molecule has 0 spiro atoms. The van der Waals surface area contributed by atoms with Crippen LogP contribution in [0.15, 0.2) is 27.8 Å². The van der Waals surface area contributed by atoms with Gasteiger partial charge in [-0.1, -0.05) is 56.4 Å². The van der Waals surface area contributed by atoms with Gasteiger partial charge in [0, 0.05) is 17.5 Å². The van der Waals surface area contributed by atoms with Gasteiger partial charge in [0.1, 0.15) is 0 Å². The molecular formula is C18H26N4O5S. The fraction of sp³-hybridized carbons (Fsp3) is 0.556. The molecule has 0 aliphatic heterocycles. The number of hydrogen-bond acceptors (Lipinski definition) is 6. The molecule has 0 atom stereocenters. The number of nitro groups is 1. The van der Waals surface area contributed by atoms with Gasteiger partial charge < -0.3 is 10.1 Å². The number of unbranched alkanes of at least 4 members (excludes halogenated alkanes) is 7. The van der Waals surface area contributed by atoms with Gasteiger partial charge in [0.25, 0.3) is 15.7 Å². The van der Waals surface area contributed by atoms with Crippen molar-refractivity contribution in [2.75, 3.05) is 5.75 Å². The van der Waals surface area contributed by atoms with Gasteiger partial charge >= 0.3 is 0 Å². The monoisotopic (exact) mass is 410 g/mol. The summed E-state index contributed by atoms with van der Waals surface area (Å²) < 4.78 is 27.5. The molecule has 2 N–H and O–H groups in total. The highest BCUT2D eigenvalue weighted by Gasteiger charge is 2.16. The molecule has 0 saturated carbocycles. The third kappa shape index (κ3) is 6.29. The molecule has 28 heavy (non-hydrogen) atoms. The molecular weight excluding hydrogens is 384 g/mol. The smallest absolute Gasteiger partial charge is 0.270 e. The summed E-state index contributed by atoms with van der Waals surface area (Å²) in [7, 11) is -3.77. The Morgan fingerprint density at radius 2 is 1.75 bits per heavy atom. The third-order valence-electron chi connectivity index (χ3n) is 4.47. The average molecular weight is 410 g/mol. The molecule has 0 amide bonds. The summed E-state index contributed by atoms with van der Waals surface area (Å²) in [6.07, 6.45) is 8.22. The van der Waals surface area contributed by atoms with Crippen LogP contribution in [0.1, 0.15) is 58.3 Å². The van der Waals surface area contributed by atoms with Crippen LogP contribution in [0.5, 0.6) is 5.88 Å². The van der Waals surface area contributed by atoms with Crippen molar-refractivity contribution in [1.82, 2.24) is 4.98 Å². The molecule has 9 nitrogen and oxygen atoms in total. The first-order valence-electron chi connectivity index (χ1n) is 9.49. The van der Waals surface area contributed by atoms with Crippen LogP contribution in [0.4, 0.5) is 11.4 Å². The van der Waals surface area contributed by atoms with Crippen molar-refractivity contribution < 1.29 is 18.4 Å². The van der Waals surface area contributed by atoms with Gasteiger partial charge in [-0.05, 0) is 12.5 Å². The Morgan fingerprint density at radius 3 is 2.39 bits per heavy atom. The molecule has 1 aromatic carbocycles. The van der Waals surface area contributed by atoms with Crippen molar-refractivity contribution in [3.8, 4) is 5.88 Å². The lowest BCUT2D eigenvalue weighted by Gasteiger charge is -2.01. The normalized spacial score (nSPS) is 12.2. The van der Waals surface area contributed by atoms with Gasteiger partial charge in [0.05, 0.1) is 16.2 Å². The fourth-order valence-corrected chi connectivity index (χ4v) is 3.79. The number of sulfonamides is 1. The van der Waals surface area contributed by atoms with E-state index in [1.807, 2.05) is 0 Å². The highest BCUT2D eigenvalue weighted by atomic mass is 32.2. The topological polar surface area (TPSA) is 138 Å². The maximum absolute atomic E-state index is 12.1. The minimum atomic E-state index is -3.77. The van der Waals surface area contributed by atoms with Crippen molar-refractivity contribution in [2.24, 2.45) is 9.63 Å². The number of non-ortho nitro benzene ring substituents is 1. The highest BCUT2D eigenvalue weighted by molar-refractivity contribution is 7.89. The second-order valence-corrected chi connectivity index (χ2v) is 8.49. The van der Waals surface area contributed by atoms with Crippen molar-refractivity contribution in [3.05, 3.63) is 28.3 Å². The first kappa shape index (κ1) is 21.8. The van der Waals surface area contributed by atoms with Crippen LogP contribution < -0.4 is 0 Å². The van der Waals surface area contributed by atoms with Crippen molar-refractivity contribution >= 4 is 32.3 Å². The lowest BCUT2D eigenvalue weighted by Crippen LogP contribution is -2.01. The van der Waals surface area contributed by atoms with E-state index < -0.39 is 14.9 Å². The number of fused-ring (bicyclic) bond motifs is 1. The van der Waals surface area contributed by atoms with Crippen LogP contribution in [0.3, 0.4) is 0 Å². The van der Waals surface area contributed by atoms with Crippen LogP contribution in [-0.4, -0.2) is 29.2 Å². The minimum Gasteiger partial charge on any atom is -0.493 e. The molecule has 2 aromatic rings. The van der Waals surface area contributed by atoms with Gasteiger partial charge in [-0.3, -0.25) is 10.1 Å². The maximum atomic E-state index is 12.1. The number of nitrogens with one attached hydrogen (secondary N) is 1. The van der Waals surface area contributed by atoms with E-state index in [1.54, 1.807) is 0 Å². The number of H-pyrrole nitrogens is 1. The standard InChI is InChI=1S/C18H26N4O5S/c1-2-3-4-5-6-7-8-9-12-28(26,27)21-20-17-15-13-14(22(24)25)10-11-16(15)19-18(17)23/h10-11,13,19,23H,2-9,12H2,1H3. The van der Waals surface area contributed by atoms with Gasteiger partial charge in [0.15, 0.2) is 5.69 Å². The summed E-state index contributed by atoms with van der Waals surface area (Å²) in [4.78, 5) is 12.9. The van der Waals surface area contributed by atoms with Crippen molar-refractivity contribution in [1.29, 1.82) is 0 Å². The number of aromatic amines is 1. The summed E-state index contributed by atoms with van der Waals surface area (Å²) in [5.74, 6) is -0.504. The SMILES string of the molecule is CCCCCCCCCCS(=O)(=O)N=Nc1c(O)[nH]c2ccc([N+](=O)[O-])cc12. The van der Waals surface area contributed by atoms with Crippen molar-refractivity contribution in [2.45, 2.75) is 58.3 Å². The Morgan fingerprint density at radius 1 is 1.11 bits per heavy atom. The second-order valence-electron chi connectivity index (χ2n) is 6.75. The molecule has 0 unspecified atom stereocenters. The molecule has 0 radical (unpaired) electrons. The van der Waals surface area contributed by atoms with E-state index in [0.717, 1.165) is 19.3 Å². The number of nitrogens with zero attached hydrogens (tertiary/aromatic N) is 3. The number of nitro benzene ring substituents is 1. The molecule has 0 bridgehead atoms. The van der Waals surface area contributed by atoms with E-state index in [0.29, 0.717) is 11.9 Å². The Bertz CT molecular complexity index is 937. The Kier molecular flexibility index (Phi) is 7.91. The first-order valence-corrected chi connectivity index (χ1v) is 11.1. The molecule has 10 heteroatoms. The lowest BCUT2D eigenvalue weighted by molar-refractivity contribution is -0.384. The molecule has 1 heterocycles. The second kappa shape index (κ2) is 10.2. The van der Waals surface area contributed by atoms with Gasteiger partial charge in [0.2, 0.25) is 5.88 Å². The molecule has 1 aromatic heterocycles. The maximum Gasteiger partial charge on any atom is 0.270 e. The number of rotatable bonds is 12. The van der Waals surface area contributed by atoms with Crippen LogP contribution in [0.25, 0.3) is 10.9 Å². The lowest BCUT2D eigenvalue weighted by atomic mass is 10.1. The van der Waals surface area contributed by atoms with E-state index in [9.17, 15) is 23.6 Å². The number of hydrogen-bond donors (Lipinski definition) is 2. The molecule has 154 valence electrons. The fourth-order valence-electron chi connectivity index (χ4n) is 2.93. The van der Waals surface area contributed by atoms with Crippen LogP contribution in [0, 0.1) is 10.1 Å². The van der Waals surface area contributed by atoms with Gasteiger partial charge in [-0.2, -0.15) is 0 Å². The van der Waals surface area contributed by atoms with E-state index in [2.05, 4.69) is 21.5 Å². The third-order valence-corrected chi connectivity index (χ3v) is 5.60. The number of aromatic nitrogens is 1. The van der Waals surface area contributed by atoms with E-state index >= 15 is 0 Å². The predicted octanol–water partition coefficient (Wildman–Crippen LogP) is 5.34. The molecule has 0 aliphatic carbocycles. The summed E-state index contributed by atoms with van der Waals surface area (Å²) in [5.41, 5.74) is 0.0838. The van der Waals surface area contributed by atoms with Gasteiger partial charge in [-0.25, -0.2) is 8.42 Å². The van der Waals surface area contributed by atoms with Crippen LogP contribution in [-0.2, 0) is 10.0 Å². The Hall–Kier alpha value is -2.49. The zero-order chi connectivity index (χ0) is 20.6. The summed E-state index contributed by atoms with van der Waals surface area (Å²) in [6, 6.07) is 3.91. The van der Waals surface area contributed by atoms with Crippen molar-refractivity contribution in [3.63, 3.8) is 0 Å². The minimum absolute atomic E-state index is 0.116. The van der Waals surface area contributed by atoms with Crippen LogP contribution in [0.2, 0.25) is 0 Å². The highest BCUT2D eigenvalue weighted by Crippen LogP contribution is 2.37. The Balaban J connectivity index is 1.95. The first-order chi connectivity index (χ1) is 13.3. The quantitative estimate of drug-likeness (QED) is 0.210. The predicted molar refractivity (Wildman–Crippen MR) is 108 cm³/mol. The van der Waals surface area contributed by atoms with E-state index in [1.165, 1.54) is 43.9 Å².